The lowest BCUT2D eigenvalue weighted by Gasteiger charge is -2.13. The number of hydrogen-bond acceptors (Lipinski definition) is 5. The number of nitro groups is 1. The van der Waals surface area contributed by atoms with Gasteiger partial charge in [0.15, 0.2) is 5.71 Å². The van der Waals surface area contributed by atoms with Crippen LogP contribution in [0.5, 0.6) is 0 Å². The third kappa shape index (κ3) is 1.98. The van der Waals surface area contributed by atoms with Crippen LogP contribution < -0.4 is 0 Å². The molecule has 1 saturated carbocycles. The summed E-state index contributed by atoms with van der Waals surface area (Å²) in [6.45, 7) is 0. The van der Waals surface area contributed by atoms with Crippen molar-refractivity contribution in [1.29, 1.82) is 0 Å². The van der Waals surface area contributed by atoms with Crippen LogP contribution in [0.3, 0.4) is 0 Å². The molecule has 1 aromatic heterocycles. The first-order valence-corrected chi connectivity index (χ1v) is 6.58. The quantitative estimate of drug-likeness (QED) is 0.604. The van der Waals surface area contributed by atoms with Crippen molar-refractivity contribution in [2.45, 2.75) is 38.2 Å². The molecule has 19 heavy (non-hydrogen) atoms. The van der Waals surface area contributed by atoms with E-state index >= 15 is 0 Å². The Balaban J connectivity index is 1.92. The zero-order valence-electron chi connectivity index (χ0n) is 10.8. The van der Waals surface area contributed by atoms with E-state index in [0.29, 0.717) is 5.82 Å². The van der Waals surface area contributed by atoms with Crippen molar-refractivity contribution in [2.24, 2.45) is 18.1 Å². The minimum Gasteiger partial charge on any atom is -0.391 e. The molecule has 7 heteroatoms. The fourth-order valence-electron chi connectivity index (χ4n) is 2.92. The monoisotopic (exact) mass is 264 g/mol. The van der Waals surface area contributed by atoms with Crippen LogP contribution in [0.4, 0.5) is 5.82 Å². The summed E-state index contributed by atoms with van der Waals surface area (Å²) >= 11 is 0. The van der Waals surface area contributed by atoms with Crippen molar-refractivity contribution < 1.29 is 9.76 Å². The molecular formula is C12H16N4O3. The van der Waals surface area contributed by atoms with Gasteiger partial charge in [-0.15, -0.1) is 0 Å². The predicted octanol–water partition coefficient (Wildman–Crippen LogP) is 2.01. The molecule has 2 aliphatic rings. The highest BCUT2D eigenvalue weighted by Gasteiger charge is 2.39. The van der Waals surface area contributed by atoms with E-state index in [1.165, 1.54) is 17.2 Å². The van der Waals surface area contributed by atoms with Crippen LogP contribution in [0.25, 0.3) is 0 Å². The normalized spacial score (nSPS) is 26.3. The van der Waals surface area contributed by atoms with Crippen molar-refractivity contribution in [3.63, 3.8) is 0 Å². The van der Waals surface area contributed by atoms with Gasteiger partial charge in [0.2, 0.25) is 5.82 Å². The highest BCUT2D eigenvalue weighted by molar-refractivity contribution is 6.00. The van der Waals surface area contributed by atoms with Crippen molar-refractivity contribution >= 4 is 11.5 Å². The van der Waals surface area contributed by atoms with E-state index in [4.69, 9.17) is 4.84 Å². The van der Waals surface area contributed by atoms with Gasteiger partial charge in [0.25, 0.3) is 0 Å². The number of fused-ring (bicyclic) bond motifs is 1. The van der Waals surface area contributed by atoms with Gasteiger partial charge in [-0.05, 0) is 24.2 Å². The van der Waals surface area contributed by atoms with E-state index in [1.807, 2.05) is 0 Å². The number of hydrogen-bond donors (Lipinski definition) is 0. The summed E-state index contributed by atoms with van der Waals surface area (Å²) < 4.78 is 1.48. The molecule has 0 aromatic carbocycles. The van der Waals surface area contributed by atoms with E-state index in [0.717, 1.165) is 31.4 Å². The number of oxime groups is 1. The van der Waals surface area contributed by atoms with E-state index in [1.54, 1.807) is 7.05 Å². The first-order valence-electron chi connectivity index (χ1n) is 6.58. The highest BCUT2D eigenvalue weighted by atomic mass is 16.6. The van der Waals surface area contributed by atoms with Crippen LogP contribution in [0.15, 0.2) is 11.4 Å². The van der Waals surface area contributed by atoms with Gasteiger partial charge >= 0.3 is 5.82 Å². The molecule has 1 aromatic rings. The number of imidazole rings is 1. The van der Waals surface area contributed by atoms with Crippen LogP contribution >= 0.6 is 0 Å². The molecule has 1 fully saturated rings. The standard InChI is InChI=1S/C12H16N4O3/c1-15-10(16(17)18)7-13-12(15)11-8-5-3-2-4-6-9(8)19-14-11/h7-9H,2-6H2,1H3/t8-,9+/m1/s1. The molecule has 2 atom stereocenters. The summed E-state index contributed by atoms with van der Waals surface area (Å²) in [7, 11) is 1.65. The lowest BCUT2D eigenvalue weighted by molar-refractivity contribution is -0.391. The molecule has 2 heterocycles. The second kappa shape index (κ2) is 4.64. The van der Waals surface area contributed by atoms with Gasteiger partial charge in [0.1, 0.15) is 12.3 Å². The summed E-state index contributed by atoms with van der Waals surface area (Å²) in [6.07, 6.45) is 6.94. The van der Waals surface area contributed by atoms with E-state index in [2.05, 4.69) is 10.1 Å². The minimum atomic E-state index is -0.433. The topological polar surface area (TPSA) is 82.5 Å². The average Bonchev–Trinajstić information content (AvgIpc) is 2.85. The maximum absolute atomic E-state index is 10.9. The van der Waals surface area contributed by atoms with E-state index in [9.17, 15) is 10.1 Å². The molecule has 1 aliphatic heterocycles. The molecule has 0 radical (unpaired) electrons. The first kappa shape index (κ1) is 12.1. The third-order valence-corrected chi connectivity index (χ3v) is 3.97. The van der Waals surface area contributed by atoms with Crippen LogP contribution in [0.1, 0.15) is 37.9 Å². The molecular weight excluding hydrogens is 248 g/mol. The van der Waals surface area contributed by atoms with Crippen LogP contribution in [0, 0.1) is 16.0 Å². The lowest BCUT2D eigenvalue weighted by Crippen LogP contribution is -2.24. The second-order valence-electron chi connectivity index (χ2n) is 5.12. The van der Waals surface area contributed by atoms with Crippen molar-refractivity contribution in [1.82, 2.24) is 9.55 Å². The summed E-state index contributed by atoms with van der Waals surface area (Å²) in [5.74, 6) is 0.763. The number of nitrogens with zero attached hydrogens (tertiary/aromatic N) is 4. The molecule has 102 valence electrons. The third-order valence-electron chi connectivity index (χ3n) is 3.97. The van der Waals surface area contributed by atoms with Crippen LogP contribution in [-0.4, -0.2) is 26.3 Å². The Kier molecular flexibility index (Phi) is 2.96. The number of aromatic nitrogens is 2. The Morgan fingerprint density at radius 3 is 2.95 bits per heavy atom. The molecule has 0 bridgehead atoms. The largest absolute Gasteiger partial charge is 0.391 e. The summed E-state index contributed by atoms with van der Waals surface area (Å²) in [5.41, 5.74) is 0.766. The van der Waals surface area contributed by atoms with Gasteiger partial charge in [-0.2, -0.15) is 0 Å². The van der Waals surface area contributed by atoms with E-state index < -0.39 is 4.92 Å². The zero-order valence-corrected chi connectivity index (χ0v) is 10.8. The van der Waals surface area contributed by atoms with Gasteiger partial charge < -0.3 is 15.0 Å². The molecule has 0 amide bonds. The lowest BCUT2D eigenvalue weighted by atomic mass is 9.92. The number of rotatable bonds is 2. The molecule has 1 aliphatic carbocycles. The van der Waals surface area contributed by atoms with Gasteiger partial charge in [0, 0.05) is 0 Å². The molecule has 0 N–H and O–H groups in total. The molecule has 0 unspecified atom stereocenters. The fraction of sp³-hybridized carbons (Fsp3) is 0.667. The maximum Gasteiger partial charge on any atom is 0.342 e. The van der Waals surface area contributed by atoms with Gasteiger partial charge in [-0.3, -0.25) is 0 Å². The molecule has 0 saturated heterocycles. The minimum absolute atomic E-state index is 0.0187. The molecule has 7 nitrogen and oxygen atoms in total. The Morgan fingerprint density at radius 2 is 2.21 bits per heavy atom. The van der Waals surface area contributed by atoms with Gasteiger partial charge in [0.05, 0.1) is 13.0 Å². The van der Waals surface area contributed by atoms with Gasteiger partial charge in [-0.25, -0.2) is 9.55 Å². The van der Waals surface area contributed by atoms with Crippen molar-refractivity contribution in [3.8, 4) is 0 Å². The summed E-state index contributed by atoms with van der Waals surface area (Å²) in [6, 6.07) is 0. The predicted molar refractivity (Wildman–Crippen MR) is 67.8 cm³/mol. The van der Waals surface area contributed by atoms with Gasteiger partial charge in [-0.1, -0.05) is 18.0 Å². The zero-order chi connectivity index (χ0) is 13.4. The van der Waals surface area contributed by atoms with E-state index in [-0.39, 0.29) is 17.8 Å². The Morgan fingerprint density at radius 1 is 1.42 bits per heavy atom. The average molecular weight is 264 g/mol. The fourth-order valence-corrected chi connectivity index (χ4v) is 2.92. The Labute approximate surface area is 110 Å². The smallest absolute Gasteiger partial charge is 0.342 e. The highest BCUT2D eigenvalue weighted by Crippen LogP contribution is 2.33. The second-order valence-corrected chi connectivity index (χ2v) is 5.12. The summed E-state index contributed by atoms with van der Waals surface area (Å²) in [4.78, 5) is 20.1. The first-order chi connectivity index (χ1) is 9.18. The van der Waals surface area contributed by atoms with Crippen molar-refractivity contribution in [2.75, 3.05) is 0 Å². The van der Waals surface area contributed by atoms with Crippen LogP contribution in [0.2, 0.25) is 0 Å². The molecule has 0 spiro atoms. The van der Waals surface area contributed by atoms with Crippen LogP contribution in [-0.2, 0) is 11.9 Å². The SMILES string of the molecule is Cn1c([N+](=O)[O-])cnc1C1=NO[C@H]2CCCCC[C@@H]12. The summed E-state index contributed by atoms with van der Waals surface area (Å²) in [5, 5.41) is 15.0. The Hall–Kier alpha value is -1.92. The molecule has 3 rings (SSSR count). The maximum atomic E-state index is 10.9. The van der Waals surface area contributed by atoms with Crippen molar-refractivity contribution in [3.05, 3.63) is 22.1 Å². The Bertz CT molecular complexity index is 537.